The summed E-state index contributed by atoms with van der Waals surface area (Å²) in [5.41, 5.74) is 1.03. The number of imide groups is 1. The molecule has 0 unspecified atom stereocenters. The molecule has 1 atom stereocenters. The normalized spacial score (nSPS) is 24.1. The van der Waals surface area contributed by atoms with Crippen molar-refractivity contribution in [2.45, 2.75) is 51.0 Å². The lowest BCUT2D eigenvalue weighted by Crippen LogP contribution is -2.47. The summed E-state index contributed by atoms with van der Waals surface area (Å²) < 4.78 is 0. The molecule has 3 heterocycles. The van der Waals surface area contributed by atoms with Crippen LogP contribution >= 0.6 is 0 Å². The Bertz CT molecular complexity index is 753. The van der Waals surface area contributed by atoms with E-state index in [0.29, 0.717) is 19.0 Å². The highest BCUT2D eigenvalue weighted by Gasteiger charge is 2.39. The van der Waals surface area contributed by atoms with Crippen LogP contribution in [0.3, 0.4) is 0 Å². The first-order chi connectivity index (χ1) is 14.6. The van der Waals surface area contributed by atoms with Crippen molar-refractivity contribution in [3.05, 3.63) is 35.9 Å². The van der Waals surface area contributed by atoms with Crippen LogP contribution in [-0.2, 0) is 16.0 Å². The third-order valence-electron chi connectivity index (χ3n) is 6.59. The van der Waals surface area contributed by atoms with Gasteiger partial charge >= 0.3 is 6.03 Å². The van der Waals surface area contributed by atoms with Gasteiger partial charge < -0.3 is 10.2 Å². The molecule has 0 aromatic heterocycles. The maximum absolute atomic E-state index is 12.9. The van der Waals surface area contributed by atoms with Crippen molar-refractivity contribution in [2.24, 2.45) is 5.92 Å². The Balaban J connectivity index is 1.27. The summed E-state index contributed by atoms with van der Waals surface area (Å²) in [6, 6.07) is 8.93. The predicted molar refractivity (Wildman–Crippen MR) is 114 cm³/mol. The summed E-state index contributed by atoms with van der Waals surface area (Å²) in [4.78, 5) is 43.5. The molecule has 0 spiro atoms. The number of hydrogen-bond donors (Lipinski definition) is 1. The van der Waals surface area contributed by atoms with Crippen LogP contribution in [-0.4, -0.2) is 71.4 Å². The zero-order valence-electron chi connectivity index (χ0n) is 17.6. The molecule has 3 fully saturated rings. The first-order valence-electron chi connectivity index (χ1n) is 11.3. The Kier molecular flexibility index (Phi) is 6.67. The molecule has 1 aromatic carbocycles. The molecule has 3 saturated heterocycles. The third kappa shape index (κ3) is 4.83. The number of hydrogen-bond acceptors (Lipinski definition) is 4. The minimum atomic E-state index is -0.498. The Labute approximate surface area is 178 Å². The molecule has 3 aliphatic rings. The van der Waals surface area contributed by atoms with Crippen LogP contribution in [0, 0.1) is 5.92 Å². The smallest absolute Gasteiger partial charge is 0.325 e. The Morgan fingerprint density at radius 3 is 2.27 bits per heavy atom. The van der Waals surface area contributed by atoms with Crippen molar-refractivity contribution >= 4 is 17.8 Å². The SMILES string of the molecule is O=C(C1CCN(CN2C(=O)N[C@@H](Cc3ccccc3)C2=O)CC1)N1CCCCCC1. The second-order valence-electron chi connectivity index (χ2n) is 8.73. The van der Waals surface area contributed by atoms with Gasteiger partial charge in [-0.3, -0.25) is 14.5 Å². The van der Waals surface area contributed by atoms with E-state index in [4.69, 9.17) is 0 Å². The van der Waals surface area contributed by atoms with E-state index in [1.165, 1.54) is 17.7 Å². The molecule has 4 amide bonds. The molecule has 7 heteroatoms. The molecule has 4 rings (SSSR count). The Morgan fingerprint density at radius 1 is 0.933 bits per heavy atom. The Morgan fingerprint density at radius 2 is 1.60 bits per heavy atom. The van der Waals surface area contributed by atoms with Gasteiger partial charge in [-0.05, 0) is 31.2 Å². The molecule has 1 N–H and O–H groups in total. The Hall–Kier alpha value is -2.41. The fourth-order valence-corrected chi connectivity index (χ4v) is 4.77. The number of urea groups is 1. The maximum atomic E-state index is 12.9. The lowest BCUT2D eigenvalue weighted by atomic mass is 9.95. The largest absolute Gasteiger partial charge is 0.342 e. The highest BCUT2D eigenvalue weighted by atomic mass is 16.2. The number of nitrogens with one attached hydrogen (secondary N) is 1. The number of carbonyl (C=O) groups is 3. The molecule has 0 radical (unpaired) electrons. The van der Waals surface area contributed by atoms with Gasteiger partial charge in [-0.2, -0.15) is 0 Å². The van der Waals surface area contributed by atoms with Gasteiger partial charge in [0.15, 0.2) is 0 Å². The van der Waals surface area contributed by atoms with E-state index in [9.17, 15) is 14.4 Å². The number of likely N-dealkylation sites (tertiary alicyclic amines) is 2. The fraction of sp³-hybridized carbons (Fsp3) is 0.609. The third-order valence-corrected chi connectivity index (χ3v) is 6.59. The average molecular weight is 413 g/mol. The molecule has 30 heavy (non-hydrogen) atoms. The molecule has 162 valence electrons. The molecule has 7 nitrogen and oxygen atoms in total. The van der Waals surface area contributed by atoms with Crippen LogP contribution in [0.4, 0.5) is 4.79 Å². The molecule has 0 aliphatic carbocycles. The van der Waals surface area contributed by atoms with Crippen molar-refractivity contribution < 1.29 is 14.4 Å². The molecule has 0 bridgehead atoms. The second kappa shape index (κ2) is 9.60. The van der Waals surface area contributed by atoms with Crippen molar-refractivity contribution in [1.29, 1.82) is 0 Å². The summed E-state index contributed by atoms with van der Waals surface area (Å²) in [7, 11) is 0. The average Bonchev–Trinajstić information content (AvgIpc) is 2.97. The molecule has 3 aliphatic heterocycles. The van der Waals surface area contributed by atoms with Crippen LogP contribution in [0.2, 0.25) is 0 Å². The number of amides is 4. The van der Waals surface area contributed by atoms with Gasteiger partial charge in [0.2, 0.25) is 5.91 Å². The molecule has 0 saturated carbocycles. The zero-order chi connectivity index (χ0) is 20.9. The van der Waals surface area contributed by atoms with E-state index < -0.39 is 6.04 Å². The number of benzene rings is 1. The summed E-state index contributed by atoms with van der Waals surface area (Å²) in [5, 5.41) is 2.82. The lowest BCUT2D eigenvalue weighted by Gasteiger charge is -2.35. The van der Waals surface area contributed by atoms with Gasteiger partial charge in [0.1, 0.15) is 6.04 Å². The van der Waals surface area contributed by atoms with E-state index in [2.05, 4.69) is 15.1 Å². The predicted octanol–water partition coefficient (Wildman–Crippen LogP) is 2.22. The number of rotatable bonds is 5. The van der Waals surface area contributed by atoms with Crippen LogP contribution < -0.4 is 5.32 Å². The van der Waals surface area contributed by atoms with E-state index in [1.807, 2.05) is 30.3 Å². The first kappa shape index (κ1) is 20.8. The van der Waals surface area contributed by atoms with E-state index in [-0.39, 0.29) is 17.9 Å². The van der Waals surface area contributed by atoms with Crippen LogP contribution in [0.1, 0.15) is 44.1 Å². The van der Waals surface area contributed by atoms with Gasteiger partial charge in [-0.1, -0.05) is 43.2 Å². The second-order valence-corrected chi connectivity index (χ2v) is 8.73. The van der Waals surface area contributed by atoms with Crippen molar-refractivity contribution in [2.75, 3.05) is 32.8 Å². The van der Waals surface area contributed by atoms with Crippen LogP contribution in [0.25, 0.3) is 0 Å². The van der Waals surface area contributed by atoms with E-state index >= 15 is 0 Å². The van der Waals surface area contributed by atoms with Crippen LogP contribution in [0.5, 0.6) is 0 Å². The summed E-state index contributed by atoms with van der Waals surface area (Å²) in [6.45, 7) is 3.57. The summed E-state index contributed by atoms with van der Waals surface area (Å²) in [6.07, 6.45) is 6.77. The number of piperidine rings is 1. The highest BCUT2D eigenvalue weighted by molar-refractivity contribution is 6.04. The van der Waals surface area contributed by atoms with Crippen molar-refractivity contribution in [1.82, 2.24) is 20.0 Å². The quantitative estimate of drug-likeness (QED) is 0.753. The van der Waals surface area contributed by atoms with Crippen molar-refractivity contribution in [3.63, 3.8) is 0 Å². The maximum Gasteiger partial charge on any atom is 0.325 e. The van der Waals surface area contributed by atoms with Gasteiger partial charge in [0.25, 0.3) is 5.91 Å². The van der Waals surface area contributed by atoms with E-state index in [1.54, 1.807) is 0 Å². The minimum Gasteiger partial charge on any atom is -0.342 e. The van der Waals surface area contributed by atoms with Gasteiger partial charge in [0.05, 0.1) is 6.67 Å². The van der Waals surface area contributed by atoms with E-state index in [0.717, 1.165) is 57.4 Å². The lowest BCUT2D eigenvalue weighted by molar-refractivity contribution is -0.138. The zero-order valence-corrected chi connectivity index (χ0v) is 17.6. The molecule has 1 aromatic rings. The summed E-state index contributed by atoms with van der Waals surface area (Å²) >= 11 is 0. The van der Waals surface area contributed by atoms with Gasteiger partial charge in [-0.25, -0.2) is 9.69 Å². The summed E-state index contributed by atoms with van der Waals surface area (Å²) in [5.74, 6) is 0.217. The van der Waals surface area contributed by atoms with Gasteiger partial charge in [-0.15, -0.1) is 0 Å². The molecular formula is C23H32N4O3. The molecular weight excluding hydrogens is 380 g/mol. The number of carbonyl (C=O) groups excluding carboxylic acids is 3. The fourth-order valence-electron chi connectivity index (χ4n) is 4.77. The highest BCUT2D eigenvalue weighted by Crippen LogP contribution is 2.23. The standard InChI is InChI=1S/C23H32N4O3/c28-21(26-12-6-1-2-7-13-26)19-10-14-25(15-11-19)17-27-22(29)20(24-23(27)30)16-18-8-4-3-5-9-18/h3-5,8-9,19-20H,1-2,6-7,10-17H2,(H,24,30)/t20-/m0/s1. The minimum absolute atomic E-state index is 0.0771. The number of nitrogens with zero attached hydrogens (tertiary/aromatic N) is 3. The monoisotopic (exact) mass is 412 g/mol. The topological polar surface area (TPSA) is 73.0 Å². The van der Waals surface area contributed by atoms with Crippen LogP contribution in [0.15, 0.2) is 30.3 Å². The van der Waals surface area contributed by atoms with Crippen molar-refractivity contribution in [3.8, 4) is 0 Å². The first-order valence-corrected chi connectivity index (χ1v) is 11.3. The van der Waals surface area contributed by atoms with Gasteiger partial charge in [0, 0.05) is 38.5 Å².